The highest BCUT2D eigenvalue weighted by molar-refractivity contribution is 5.66. The molecule has 0 radical (unpaired) electrons. The van der Waals surface area contributed by atoms with Gasteiger partial charge in [-0.1, -0.05) is 5.21 Å². The Kier molecular flexibility index (Phi) is 2.97. The first-order chi connectivity index (χ1) is 6.09. The number of carboxylic acids is 1. The molecule has 0 aliphatic heterocycles. The number of aromatic nitrogens is 3. The number of hydrogen-bond acceptors (Lipinski definition) is 4. The lowest BCUT2D eigenvalue weighted by molar-refractivity contribution is -0.137. The summed E-state index contributed by atoms with van der Waals surface area (Å²) in [7, 11) is 1.74. The predicted molar refractivity (Wildman–Crippen MR) is 44.8 cm³/mol. The summed E-state index contributed by atoms with van der Waals surface area (Å²) in [5.74, 6) is -0.848. The minimum Gasteiger partial charge on any atom is -0.481 e. The number of nitrogens with two attached hydrogens (primary N) is 1. The molecule has 1 atom stereocenters. The van der Waals surface area contributed by atoms with Crippen LogP contribution in [-0.2, 0) is 11.8 Å². The summed E-state index contributed by atoms with van der Waals surface area (Å²) in [4.78, 5) is 10.2. The first-order valence-electron chi connectivity index (χ1n) is 3.93. The van der Waals surface area contributed by atoms with Crippen molar-refractivity contribution in [3.8, 4) is 0 Å². The van der Waals surface area contributed by atoms with Crippen LogP contribution in [0.15, 0.2) is 6.20 Å². The molecule has 6 nitrogen and oxygen atoms in total. The normalized spacial score (nSPS) is 12.8. The molecule has 0 saturated heterocycles. The smallest absolute Gasteiger partial charge is 0.303 e. The second-order valence-corrected chi connectivity index (χ2v) is 2.86. The fraction of sp³-hybridized carbons (Fsp3) is 0.571. The Balaban J connectivity index is 2.48. The van der Waals surface area contributed by atoms with Gasteiger partial charge in [0.1, 0.15) is 0 Å². The highest BCUT2D eigenvalue weighted by Gasteiger charge is 2.11. The third-order valence-corrected chi connectivity index (χ3v) is 1.67. The van der Waals surface area contributed by atoms with Crippen LogP contribution in [0.3, 0.4) is 0 Å². The van der Waals surface area contributed by atoms with E-state index in [2.05, 4.69) is 10.3 Å². The maximum atomic E-state index is 10.2. The van der Waals surface area contributed by atoms with Crippen LogP contribution in [0.1, 0.15) is 24.6 Å². The predicted octanol–water partition coefficient (Wildman–Crippen LogP) is -0.320. The lowest BCUT2D eigenvalue weighted by atomic mass is 10.1. The number of carbonyl (C=O) groups is 1. The standard InChI is InChI=1S/C7H12N4O2/c1-11-4-6(9-10-11)5(8)2-3-7(12)13/h4-5H,2-3,8H2,1H3,(H,12,13). The van der Waals surface area contributed by atoms with Crippen molar-refractivity contribution in [1.82, 2.24) is 15.0 Å². The van der Waals surface area contributed by atoms with Crippen LogP contribution in [0.5, 0.6) is 0 Å². The molecular formula is C7H12N4O2. The molecule has 0 fully saturated rings. The summed E-state index contributed by atoms with van der Waals surface area (Å²) in [5, 5.41) is 15.9. The third-order valence-electron chi connectivity index (χ3n) is 1.67. The van der Waals surface area contributed by atoms with Gasteiger partial charge < -0.3 is 10.8 Å². The Labute approximate surface area is 75.3 Å². The van der Waals surface area contributed by atoms with Crippen molar-refractivity contribution in [3.05, 3.63) is 11.9 Å². The molecule has 3 N–H and O–H groups in total. The quantitative estimate of drug-likeness (QED) is 0.668. The Bertz CT molecular complexity index is 296. The van der Waals surface area contributed by atoms with Crippen molar-refractivity contribution in [2.24, 2.45) is 12.8 Å². The van der Waals surface area contributed by atoms with Crippen LogP contribution in [-0.4, -0.2) is 26.1 Å². The number of aryl methyl sites for hydroxylation is 1. The summed E-state index contributed by atoms with van der Waals surface area (Å²) in [6.07, 6.45) is 2.12. The molecule has 13 heavy (non-hydrogen) atoms. The molecule has 6 heteroatoms. The lowest BCUT2D eigenvalue weighted by Gasteiger charge is -2.04. The summed E-state index contributed by atoms with van der Waals surface area (Å²) in [6.45, 7) is 0. The molecule has 1 unspecified atom stereocenters. The van der Waals surface area contributed by atoms with Gasteiger partial charge in [0.2, 0.25) is 0 Å². The molecule has 1 aromatic rings. The largest absolute Gasteiger partial charge is 0.481 e. The summed E-state index contributed by atoms with van der Waals surface area (Å²) < 4.78 is 1.54. The van der Waals surface area contributed by atoms with Crippen LogP contribution >= 0.6 is 0 Å². The molecule has 0 aromatic carbocycles. The third kappa shape index (κ3) is 2.83. The van der Waals surface area contributed by atoms with Crippen molar-refractivity contribution < 1.29 is 9.90 Å². The van der Waals surface area contributed by atoms with Gasteiger partial charge in [0, 0.05) is 19.7 Å². The van der Waals surface area contributed by atoms with Gasteiger partial charge in [0.05, 0.1) is 11.7 Å². The first-order valence-corrected chi connectivity index (χ1v) is 3.93. The summed E-state index contributed by atoms with van der Waals surface area (Å²) >= 11 is 0. The van der Waals surface area contributed by atoms with E-state index in [0.717, 1.165) is 0 Å². The van der Waals surface area contributed by atoms with Crippen LogP contribution < -0.4 is 5.73 Å². The van der Waals surface area contributed by atoms with Gasteiger partial charge in [-0.3, -0.25) is 9.48 Å². The van der Waals surface area contributed by atoms with Gasteiger partial charge in [0.15, 0.2) is 0 Å². The minimum absolute atomic E-state index is 0.0533. The molecule has 1 aromatic heterocycles. The Morgan fingerprint density at radius 1 is 1.85 bits per heavy atom. The molecule has 0 aliphatic carbocycles. The first kappa shape index (κ1) is 9.66. The molecule has 0 bridgehead atoms. The van der Waals surface area contributed by atoms with Gasteiger partial charge >= 0.3 is 5.97 Å². The number of aliphatic carboxylic acids is 1. The SMILES string of the molecule is Cn1cc(C(N)CCC(=O)O)nn1. The fourth-order valence-corrected chi connectivity index (χ4v) is 0.962. The van der Waals surface area contributed by atoms with Crippen LogP contribution in [0, 0.1) is 0 Å². The Morgan fingerprint density at radius 3 is 3.00 bits per heavy atom. The van der Waals surface area contributed by atoms with E-state index in [9.17, 15) is 4.79 Å². The van der Waals surface area contributed by atoms with Gasteiger partial charge in [0.25, 0.3) is 0 Å². The maximum absolute atomic E-state index is 10.2. The molecule has 1 rings (SSSR count). The van der Waals surface area contributed by atoms with Gasteiger partial charge in [-0.2, -0.15) is 0 Å². The van der Waals surface area contributed by atoms with E-state index < -0.39 is 5.97 Å². The molecule has 1 heterocycles. The Hall–Kier alpha value is -1.43. The van der Waals surface area contributed by atoms with E-state index in [4.69, 9.17) is 10.8 Å². The summed E-state index contributed by atoms with van der Waals surface area (Å²) in [6, 6.07) is -0.343. The summed E-state index contributed by atoms with van der Waals surface area (Å²) in [5.41, 5.74) is 6.31. The van der Waals surface area contributed by atoms with E-state index >= 15 is 0 Å². The van der Waals surface area contributed by atoms with E-state index in [0.29, 0.717) is 12.1 Å². The number of carboxylic acid groups (broad SMARTS) is 1. The van der Waals surface area contributed by atoms with E-state index in [1.807, 2.05) is 0 Å². The van der Waals surface area contributed by atoms with Crippen molar-refractivity contribution in [3.63, 3.8) is 0 Å². The minimum atomic E-state index is -0.848. The zero-order valence-corrected chi connectivity index (χ0v) is 7.34. The molecule has 0 amide bonds. The fourth-order valence-electron chi connectivity index (χ4n) is 0.962. The van der Waals surface area contributed by atoms with Crippen LogP contribution in [0.4, 0.5) is 0 Å². The zero-order valence-electron chi connectivity index (χ0n) is 7.34. The van der Waals surface area contributed by atoms with Crippen molar-refractivity contribution in [2.75, 3.05) is 0 Å². The molecular weight excluding hydrogens is 172 g/mol. The van der Waals surface area contributed by atoms with E-state index in [1.54, 1.807) is 13.2 Å². The average molecular weight is 184 g/mol. The lowest BCUT2D eigenvalue weighted by Crippen LogP contribution is -2.12. The number of rotatable bonds is 4. The van der Waals surface area contributed by atoms with Gasteiger partial charge in [-0.15, -0.1) is 5.10 Å². The topological polar surface area (TPSA) is 94.0 Å². The van der Waals surface area contributed by atoms with Crippen LogP contribution in [0.2, 0.25) is 0 Å². The number of hydrogen-bond donors (Lipinski definition) is 2. The molecule has 72 valence electrons. The highest BCUT2D eigenvalue weighted by Crippen LogP contribution is 2.11. The van der Waals surface area contributed by atoms with E-state index in [1.165, 1.54) is 4.68 Å². The zero-order chi connectivity index (χ0) is 9.84. The molecule has 0 spiro atoms. The Morgan fingerprint density at radius 2 is 2.54 bits per heavy atom. The second kappa shape index (κ2) is 3.99. The van der Waals surface area contributed by atoms with Crippen molar-refractivity contribution in [2.45, 2.75) is 18.9 Å². The van der Waals surface area contributed by atoms with E-state index in [-0.39, 0.29) is 12.5 Å². The maximum Gasteiger partial charge on any atom is 0.303 e. The monoisotopic (exact) mass is 184 g/mol. The highest BCUT2D eigenvalue weighted by atomic mass is 16.4. The van der Waals surface area contributed by atoms with Gasteiger partial charge in [-0.25, -0.2) is 0 Å². The second-order valence-electron chi connectivity index (χ2n) is 2.86. The average Bonchev–Trinajstić information content (AvgIpc) is 2.47. The van der Waals surface area contributed by atoms with Crippen LogP contribution in [0.25, 0.3) is 0 Å². The van der Waals surface area contributed by atoms with Crippen molar-refractivity contribution >= 4 is 5.97 Å². The number of nitrogens with zero attached hydrogens (tertiary/aromatic N) is 3. The molecule has 0 aliphatic rings. The van der Waals surface area contributed by atoms with Gasteiger partial charge in [-0.05, 0) is 6.42 Å². The molecule has 0 saturated carbocycles. The van der Waals surface area contributed by atoms with Crippen molar-refractivity contribution in [1.29, 1.82) is 0 Å².